The molecule has 0 fully saturated rings. The first-order valence-electron chi connectivity index (χ1n) is 4.64. The molecule has 0 saturated heterocycles. The smallest absolute Gasteiger partial charge is 0.219 e. The predicted molar refractivity (Wildman–Crippen MR) is 51.1 cm³/mol. The van der Waals surface area contributed by atoms with Crippen molar-refractivity contribution in [3.05, 3.63) is 0 Å². The second kappa shape index (κ2) is 7.10. The fourth-order valence-corrected chi connectivity index (χ4v) is 0.888. The van der Waals surface area contributed by atoms with Crippen LogP contribution in [-0.4, -0.2) is 25.5 Å². The van der Waals surface area contributed by atoms with Gasteiger partial charge in [0.15, 0.2) is 0 Å². The van der Waals surface area contributed by atoms with Gasteiger partial charge >= 0.3 is 0 Å². The summed E-state index contributed by atoms with van der Waals surface area (Å²) >= 11 is 0. The fourth-order valence-electron chi connectivity index (χ4n) is 0.888. The van der Waals surface area contributed by atoms with Crippen LogP contribution in [0.3, 0.4) is 0 Å². The number of nitrogens with one attached hydrogen (secondary N) is 2. The van der Waals surface area contributed by atoms with E-state index in [9.17, 15) is 4.79 Å². The summed E-state index contributed by atoms with van der Waals surface area (Å²) in [6, 6.07) is 0.479. The zero-order valence-corrected chi connectivity index (χ0v) is 8.31. The van der Waals surface area contributed by atoms with E-state index >= 15 is 0 Å². The van der Waals surface area contributed by atoms with Crippen LogP contribution in [0.4, 0.5) is 0 Å². The van der Waals surface area contributed by atoms with Crippen LogP contribution in [0.2, 0.25) is 0 Å². The molecule has 0 heterocycles. The lowest BCUT2D eigenvalue weighted by atomic mass is 10.2. The summed E-state index contributed by atoms with van der Waals surface area (Å²) in [5.74, 6) is 0.167. The Labute approximate surface area is 74.9 Å². The summed E-state index contributed by atoms with van der Waals surface area (Å²) in [4.78, 5) is 11.0. The van der Waals surface area contributed by atoms with E-state index in [-0.39, 0.29) is 5.91 Å². The molecule has 1 atom stereocenters. The normalized spacial score (nSPS) is 12.6. The molecule has 3 heteroatoms. The fraction of sp³-hybridized carbons (Fsp3) is 0.889. The standard InChI is InChI=1S/C9H20N2O/c1-4-5-9(12)11-7-6-8(2)10-3/h8,10H,4-7H2,1-3H3,(H,11,12). The van der Waals surface area contributed by atoms with E-state index in [4.69, 9.17) is 0 Å². The lowest BCUT2D eigenvalue weighted by Gasteiger charge is -2.10. The first-order valence-corrected chi connectivity index (χ1v) is 4.64. The van der Waals surface area contributed by atoms with Crippen molar-refractivity contribution in [2.45, 2.75) is 39.2 Å². The number of carbonyl (C=O) groups is 1. The summed E-state index contributed by atoms with van der Waals surface area (Å²) in [5.41, 5.74) is 0. The number of hydrogen-bond donors (Lipinski definition) is 2. The minimum atomic E-state index is 0.167. The molecule has 0 radical (unpaired) electrons. The highest BCUT2D eigenvalue weighted by Gasteiger charge is 2.00. The molecular weight excluding hydrogens is 152 g/mol. The van der Waals surface area contributed by atoms with Crippen molar-refractivity contribution in [3.8, 4) is 0 Å². The van der Waals surface area contributed by atoms with Gasteiger partial charge in [0, 0.05) is 19.0 Å². The minimum absolute atomic E-state index is 0.167. The lowest BCUT2D eigenvalue weighted by Crippen LogP contribution is -2.30. The molecule has 12 heavy (non-hydrogen) atoms. The van der Waals surface area contributed by atoms with Gasteiger partial charge in [-0.05, 0) is 26.8 Å². The first-order chi connectivity index (χ1) is 5.70. The van der Waals surface area contributed by atoms with Crippen molar-refractivity contribution in [2.75, 3.05) is 13.6 Å². The zero-order valence-electron chi connectivity index (χ0n) is 8.31. The van der Waals surface area contributed by atoms with Crippen molar-refractivity contribution in [1.29, 1.82) is 0 Å². The van der Waals surface area contributed by atoms with E-state index in [1.54, 1.807) is 0 Å². The summed E-state index contributed by atoms with van der Waals surface area (Å²) < 4.78 is 0. The van der Waals surface area contributed by atoms with Gasteiger partial charge in [-0.3, -0.25) is 4.79 Å². The summed E-state index contributed by atoms with van der Waals surface area (Å²) in [7, 11) is 1.93. The summed E-state index contributed by atoms with van der Waals surface area (Å²) in [5, 5.41) is 5.99. The zero-order chi connectivity index (χ0) is 9.40. The molecule has 0 saturated carbocycles. The van der Waals surface area contributed by atoms with Crippen LogP contribution in [0.1, 0.15) is 33.1 Å². The maximum atomic E-state index is 11.0. The Morgan fingerprint density at radius 2 is 2.17 bits per heavy atom. The molecule has 72 valence electrons. The van der Waals surface area contributed by atoms with Crippen LogP contribution < -0.4 is 10.6 Å². The Morgan fingerprint density at radius 1 is 1.50 bits per heavy atom. The SMILES string of the molecule is CCCC(=O)NCCC(C)NC. The van der Waals surface area contributed by atoms with Crippen LogP contribution in [0.15, 0.2) is 0 Å². The average Bonchev–Trinajstić information content (AvgIpc) is 2.04. The number of carbonyl (C=O) groups excluding carboxylic acids is 1. The Kier molecular flexibility index (Phi) is 6.76. The van der Waals surface area contributed by atoms with Crippen molar-refractivity contribution in [2.24, 2.45) is 0 Å². The highest BCUT2D eigenvalue weighted by molar-refractivity contribution is 5.75. The van der Waals surface area contributed by atoms with Gasteiger partial charge in [0.1, 0.15) is 0 Å². The lowest BCUT2D eigenvalue weighted by molar-refractivity contribution is -0.121. The summed E-state index contributed by atoms with van der Waals surface area (Å²) in [6.45, 7) is 4.89. The van der Waals surface area contributed by atoms with E-state index in [1.165, 1.54) is 0 Å². The molecule has 0 aromatic carbocycles. The molecule has 3 nitrogen and oxygen atoms in total. The van der Waals surface area contributed by atoms with Crippen molar-refractivity contribution in [1.82, 2.24) is 10.6 Å². The molecule has 0 aromatic rings. The molecule has 0 aliphatic rings. The maximum Gasteiger partial charge on any atom is 0.219 e. The molecule has 1 unspecified atom stereocenters. The van der Waals surface area contributed by atoms with Gasteiger partial charge in [0.2, 0.25) is 5.91 Å². The van der Waals surface area contributed by atoms with Gasteiger partial charge in [0.25, 0.3) is 0 Å². The van der Waals surface area contributed by atoms with Crippen molar-refractivity contribution >= 4 is 5.91 Å². The van der Waals surface area contributed by atoms with Gasteiger partial charge in [0.05, 0.1) is 0 Å². The molecule has 0 bridgehead atoms. The Morgan fingerprint density at radius 3 is 2.67 bits per heavy atom. The first kappa shape index (κ1) is 11.4. The second-order valence-corrected chi connectivity index (χ2v) is 3.08. The highest BCUT2D eigenvalue weighted by atomic mass is 16.1. The molecule has 0 aliphatic carbocycles. The van der Waals surface area contributed by atoms with Crippen LogP contribution in [0, 0.1) is 0 Å². The summed E-state index contributed by atoms with van der Waals surface area (Å²) in [6.07, 6.45) is 2.56. The number of hydrogen-bond acceptors (Lipinski definition) is 2. The van der Waals surface area contributed by atoms with Crippen LogP contribution >= 0.6 is 0 Å². The van der Waals surface area contributed by atoms with Crippen LogP contribution in [0.5, 0.6) is 0 Å². The monoisotopic (exact) mass is 172 g/mol. The quantitative estimate of drug-likeness (QED) is 0.625. The van der Waals surface area contributed by atoms with E-state index in [0.29, 0.717) is 12.5 Å². The van der Waals surface area contributed by atoms with E-state index in [1.807, 2.05) is 14.0 Å². The van der Waals surface area contributed by atoms with Crippen LogP contribution in [-0.2, 0) is 4.79 Å². The minimum Gasteiger partial charge on any atom is -0.356 e. The van der Waals surface area contributed by atoms with Gasteiger partial charge < -0.3 is 10.6 Å². The maximum absolute atomic E-state index is 11.0. The Bertz CT molecular complexity index is 126. The van der Waals surface area contributed by atoms with Gasteiger partial charge in [-0.2, -0.15) is 0 Å². The number of rotatable bonds is 6. The second-order valence-electron chi connectivity index (χ2n) is 3.08. The third kappa shape index (κ3) is 6.16. The molecule has 0 rings (SSSR count). The number of amides is 1. The van der Waals surface area contributed by atoms with Gasteiger partial charge in [-0.1, -0.05) is 6.92 Å². The average molecular weight is 172 g/mol. The van der Waals surface area contributed by atoms with E-state index < -0.39 is 0 Å². The van der Waals surface area contributed by atoms with Gasteiger partial charge in [-0.25, -0.2) is 0 Å². The van der Waals surface area contributed by atoms with Crippen molar-refractivity contribution < 1.29 is 4.79 Å². The topological polar surface area (TPSA) is 41.1 Å². The largest absolute Gasteiger partial charge is 0.356 e. The van der Waals surface area contributed by atoms with E-state index in [2.05, 4.69) is 17.6 Å². The third-order valence-electron chi connectivity index (χ3n) is 1.87. The third-order valence-corrected chi connectivity index (χ3v) is 1.87. The van der Waals surface area contributed by atoms with Crippen molar-refractivity contribution in [3.63, 3.8) is 0 Å². The Balaban J connectivity index is 3.24. The highest BCUT2D eigenvalue weighted by Crippen LogP contribution is 1.89. The predicted octanol–water partition coefficient (Wildman–Crippen LogP) is 0.901. The molecule has 0 spiro atoms. The van der Waals surface area contributed by atoms with Gasteiger partial charge in [-0.15, -0.1) is 0 Å². The molecule has 0 aliphatic heterocycles. The Hall–Kier alpha value is -0.570. The molecular formula is C9H20N2O. The molecule has 1 amide bonds. The van der Waals surface area contributed by atoms with Crippen LogP contribution in [0.25, 0.3) is 0 Å². The molecule has 0 aromatic heterocycles. The molecule has 2 N–H and O–H groups in total. The van der Waals surface area contributed by atoms with E-state index in [0.717, 1.165) is 19.4 Å².